The molecule has 0 aromatic carbocycles. The zero-order valence-corrected chi connectivity index (χ0v) is 11.8. The van der Waals surface area contributed by atoms with Crippen LogP contribution in [-0.2, 0) is 6.42 Å². The van der Waals surface area contributed by atoms with E-state index in [9.17, 15) is 4.79 Å². The number of amides is 1. The predicted octanol–water partition coefficient (Wildman–Crippen LogP) is 2.15. The zero-order chi connectivity index (χ0) is 13.9. The van der Waals surface area contributed by atoms with Crippen molar-refractivity contribution in [2.75, 3.05) is 0 Å². The first-order chi connectivity index (χ1) is 9.72. The van der Waals surface area contributed by atoms with Gasteiger partial charge in [-0.05, 0) is 41.8 Å². The number of aromatic nitrogens is 3. The molecule has 0 fully saturated rings. The topological polar surface area (TPSA) is 59.3 Å². The van der Waals surface area contributed by atoms with Crippen LogP contribution in [0.3, 0.4) is 0 Å². The summed E-state index contributed by atoms with van der Waals surface area (Å²) in [4.78, 5) is 16.3. The Bertz CT molecular complexity index is 687. The van der Waals surface area contributed by atoms with Gasteiger partial charge in [0.1, 0.15) is 0 Å². The molecule has 1 N–H and O–H groups in total. The van der Waals surface area contributed by atoms with E-state index in [0.717, 1.165) is 6.42 Å². The van der Waals surface area contributed by atoms with E-state index in [1.54, 1.807) is 40.4 Å². The molecule has 0 aliphatic carbocycles. The van der Waals surface area contributed by atoms with Gasteiger partial charge in [0, 0.05) is 24.5 Å². The highest BCUT2D eigenvalue weighted by Gasteiger charge is 2.14. The number of nitrogens with one attached hydrogen (secondary N) is 1. The van der Waals surface area contributed by atoms with Gasteiger partial charge in [-0.2, -0.15) is 16.4 Å². The summed E-state index contributed by atoms with van der Waals surface area (Å²) in [6.07, 6.45) is 4.27. The molecule has 0 radical (unpaired) electrons. The fraction of sp³-hybridized carbons (Fsp3) is 0.214. The lowest BCUT2D eigenvalue weighted by Gasteiger charge is -2.11. The van der Waals surface area contributed by atoms with Crippen molar-refractivity contribution >= 4 is 22.9 Å². The van der Waals surface area contributed by atoms with Gasteiger partial charge in [0.25, 0.3) is 5.91 Å². The summed E-state index contributed by atoms with van der Waals surface area (Å²) in [6.45, 7) is 1.99. The molecule has 3 rings (SSSR count). The molecule has 6 heteroatoms. The smallest absolute Gasteiger partial charge is 0.272 e. The average molecular weight is 286 g/mol. The van der Waals surface area contributed by atoms with Crippen molar-refractivity contribution in [1.29, 1.82) is 0 Å². The lowest BCUT2D eigenvalue weighted by Crippen LogP contribution is -2.34. The van der Waals surface area contributed by atoms with Crippen LogP contribution in [0.25, 0.3) is 5.65 Å². The maximum Gasteiger partial charge on any atom is 0.272 e. The SMILES string of the molecule is C[C@@H](Cc1ccsc1)NC(=O)c1cc2ncccn2n1. The van der Waals surface area contributed by atoms with Crippen molar-refractivity contribution in [3.63, 3.8) is 0 Å². The highest BCUT2D eigenvalue weighted by Crippen LogP contribution is 2.09. The number of nitrogens with zero attached hydrogens (tertiary/aromatic N) is 3. The number of hydrogen-bond acceptors (Lipinski definition) is 4. The Labute approximate surface area is 120 Å². The standard InChI is InChI=1S/C14H14N4OS/c1-10(7-11-3-6-20-9-11)16-14(19)12-8-13-15-4-2-5-18(13)17-12/h2-6,8-10H,7H2,1H3,(H,16,19)/t10-/m0/s1. The van der Waals surface area contributed by atoms with Crippen LogP contribution in [0.4, 0.5) is 0 Å². The number of carbonyl (C=O) groups is 1. The van der Waals surface area contributed by atoms with E-state index in [2.05, 4.69) is 26.8 Å². The second-order valence-corrected chi connectivity index (χ2v) is 5.44. The molecule has 1 atom stereocenters. The molecule has 102 valence electrons. The van der Waals surface area contributed by atoms with Crippen molar-refractivity contribution in [3.8, 4) is 0 Å². The number of thiophene rings is 1. The highest BCUT2D eigenvalue weighted by molar-refractivity contribution is 7.07. The van der Waals surface area contributed by atoms with Gasteiger partial charge in [0.05, 0.1) is 0 Å². The van der Waals surface area contributed by atoms with Gasteiger partial charge in [-0.15, -0.1) is 0 Å². The van der Waals surface area contributed by atoms with E-state index in [1.807, 2.05) is 12.3 Å². The van der Waals surface area contributed by atoms with Gasteiger partial charge in [0.2, 0.25) is 0 Å². The number of hydrogen-bond donors (Lipinski definition) is 1. The summed E-state index contributed by atoms with van der Waals surface area (Å²) in [6, 6.07) is 5.60. The van der Waals surface area contributed by atoms with Crippen LogP contribution >= 0.6 is 11.3 Å². The van der Waals surface area contributed by atoms with E-state index in [-0.39, 0.29) is 11.9 Å². The van der Waals surface area contributed by atoms with Gasteiger partial charge in [-0.25, -0.2) is 9.50 Å². The molecule has 0 saturated carbocycles. The lowest BCUT2D eigenvalue weighted by molar-refractivity contribution is 0.0935. The third kappa shape index (κ3) is 2.70. The van der Waals surface area contributed by atoms with E-state index in [1.165, 1.54) is 5.56 Å². The Morgan fingerprint density at radius 2 is 2.45 bits per heavy atom. The minimum atomic E-state index is -0.168. The van der Waals surface area contributed by atoms with E-state index in [4.69, 9.17) is 0 Å². The Balaban J connectivity index is 1.69. The quantitative estimate of drug-likeness (QED) is 0.799. The average Bonchev–Trinajstić information content (AvgIpc) is 3.06. The van der Waals surface area contributed by atoms with Gasteiger partial charge >= 0.3 is 0 Å². The zero-order valence-electron chi connectivity index (χ0n) is 11.0. The maximum atomic E-state index is 12.1. The second-order valence-electron chi connectivity index (χ2n) is 4.66. The van der Waals surface area contributed by atoms with Crippen LogP contribution in [0.5, 0.6) is 0 Å². The summed E-state index contributed by atoms with van der Waals surface area (Å²) < 4.78 is 1.60. The Morgan fingerprint density at radius 3 is 3.20 bits per heavy atom. The molecule has 20 heavy (non-hydrogen) atoms. The molecule has 3 aromatic rings. The third-order valence-corrected chi connectivity index (χ3v) is 3.70. The first kappa shape index (κ1) is 12.8. The fourth-order valence-corrected chi connectivity index (χ4v) is 2.73. The number of rotatable bonds is 4. The molecular formula is C14H14N4OS. The fourth-order valence-electron chi connectivity index (χ4n) is 2.05. The lowest BCUT2D eigenvalue weighted by atomic mass is 10.1. The first-order valence-corrected chi connectivity index (χ1v) is 7.29. The van der Waals surface area contributed by atoms with Crippen LogP contribution in [0, 0.1) is 0 Å². The van der Waals surface area contributed by atoms with E-state index in [0.29, 0.717) is 11.3 Å². The van der Waals surface area contributed by atoms with Gasteiger partial charge in [-0.3, -0.25) is 4.79 Å². The molecule has 1 amide bonds. The normalized spacial score (nSPS) is 12.4. The van der Waals surface area contributed by atoms with Crippen molar-refractivity contribution < 1.29 is 4.79 Å². The Kier molecular flexibility index (Phi) is 3.47. The molecule has 3 heterocycles. The monoisotopic (exact) mass is 286 g/mol. The minimum absolute atomic E-state index is 0.0647. The van der Waals surface area contributed by atoms with Gasteiger partial charge < -0.3 is 5.32 Å². The van der Waals surface area contributed by atoms with Crippen LogP contribution < -0.4 is 5.32 Å². The molecule has 5 nitrogen and oxygen atoms in total. The van der Waals surface area contributed by atoms with Crippen molar-refractivity contribution in [2.24, 2.45) is 0 Å². The van der Waals surface area contributed by atoms with Crippen LogP contribution in [0.15, 0.2) is 41.4 Å². The van der Waals surface area contributed by atoms with Crippen LogP contribution in [0.1, 0.15) is 23.0 Å². The highest BCUT2D eigenvalue weighted by atomic mass is 32.1. The van der Waals surface area contributed by atoms with Gasteiger partial charge in [0.15, 0.2) is 11.3 Å². The van der Waals surface area contributed by atoms with E-state index < -0.39 is 0 Å². The summed E-state index contributed by atoms with van der Waals surface area (Å²) in [7, 11) is 0. The summed E-state index contributed by atoms with van der Waals surface area (Å²) >= 11 is 1.66. The van der Waals surface area contributed by atoms with E-state index >= 15 is 0 Å². The van der Waals surface area contributed by atoms with Crippen molar-refractivity contribution in [3.05, 3.63) is 52.6 Å². The first-order valence-electron chi connectivity index (χ1n) is 6.35. The van der Waals surface area contributed by atoms with Crippen LogP contribution in [-0.4, -0.2) is 26.5 Å². The molecule has 0 aliphatic rings. The molecule has 3 aromatic heterocycles. The largest absolute Gasteiger partial charge is 0.348 e. The summed E-state index contributed by atoms with van der Waals surface area (Å²) in [5.41, 5.74) is 2.29. The maximum absolute atomic E-state index is 12.1. The predicted molar refractivity (Wildman–Crippen MR) is 77.9 cm³/mol. The number of carbonyl (C=O) groups excluding carboxylic acids is 1. The second kappa shape index (κ2) is 5.42. The molecule has 0 unspecified atom stereocenters. The van der Waals surface area contributed by atoms with Crippen molar-refractivity contribution in [1.82, 2.24) is 19.9 Å². The number of fused-ring (bicyclic) bond motifs is 1. The third-order valence-electron chi connectivity index (χ3n) is 2.97. The Hall–Kier alpha value is -2.21. The summed E-state index contributed by atoms with van der Waals surface area (Å²) in [5.74, 6) is -0.168. The minimum Gasteiger partial charge on any atom is -0.348 e. The van der Waals surface area contributed by atoms with Crippen molar-refractivity contribution in [2.45, 2.75) is 19.4 Å². The molecule has 0 spiro atoms. The van der Waals surface area contributed by atoms with Gasteiger partial charge in [-0.1, -0.05) is 0 Å². The molecule has 0 saturated heterocycles. The molecule has 0 aliphatic heterocycles. The summed E-state index contributed by atoms with van der Waals surface area (Å²) in [5, 5.41) is 11.3. The molecular weight excluding hydrogens is 272 g/mol. The molecule has 0 bridgehead atoms. The Morgan fingerprint density at radius 1 is 1.55 bits per heavy atom. The van der Waals surface area contributed by atoms with Crippen LogP contribution in [0.2, 0.25) is 0 Å².